The Kier molecular flexibility index (Phi) is 2.70. The topological polar surface area (TPSA) is 33.6 Å². The summed E-state index contributed by atoms with van der Waals surface area (Å²) in [5.41, 5.74) is 0.671. The molecule has 0 unspecified atom stereocenters. The van der Waals surface area contributed by atoms with Crippen molar-refractivity contribution in [3.8, 4) is 11.4 Å². The molecule has 1 heterocycles. The molecule has 1 aromatic heterocycles. The van der Waals surface area contributed by atoms with Crippen LogP contribution in [0.5, 0.6) is 0 Å². The summed E-state index contributed by atoms with van der Waals surface area (Å²) in [6.07, 6.45) is 0. The summed E-state index contributed by atoms with van der Waals surface area (Å²) < 4.78 is 15.9. The number of nitrogens with one attached hydrogen (secondary N) is 1. The zero-order valence-electron chi connectivity index (χ0n) is 7.79. The van der Waals surface area contributed by atoms with Crippen molar-refractivity contribution in [2.75, 3.05) is 0 Å². The number of nitrogens with zero attached hydrogens (tertiary/aromatic N) is 2. The Hall–Kier alpha value is -1.01. The minimum absolute atomic E-state index is 0.318. The fourth-order valence-electron chi connectivity index (χ4n) is 1.26. The number of hydrogen-bond acceptors (Lipinski definition) is 2. The predicted molar refractivity (Wildman–Crippen MR) is 61.5 cm³/mol. The summed E-state index contributed by atoms with van der Waals surface area (Å²) in [6.45, 7) is 0. The normalized spacial score (nSPS) is 10.6. The summed E-state index contributed by atoms with van der Waals surface area (Å²) in [7, 11) is 1.78. The summed E-state index contributed by atoms with van der Waals surface area (Å²) in [5.74, 6) is 0.285. The molecule has 0 fully saturated rings. The number of aromatic amines is 1. The van der Waals surface area contributed by atoms with Crippen LogP contribution in [0.3, 0.4) is 0 Å². The second-order valence-electron chi connectivity index (χ2n) is 3.01. The van der Waals surface area contributed by atoms with Crippen molar-refractivity contribution in [2.24, 2.45) is 7.05 Å². The van der Waals surface area contributed by atoms with Gasteiger partial charge in [0.05, 0.1) is 4.47 Å². The molecule has 0 bridgehead atoms. The molecule has 0 atom stereocenters. The van der Waals surface area contributed by atoms with Gasteiger partial charge in [0.1, 0.15) is 5.82 Å². The van der Waals surface area contributed by atoms with Crippen molar-refractivity contribution in [2.45, 2.75) is 0 Å². The molecule has 78 valence electrons. The number of halogens is 2. The van der Waals surface area contributed by atoms with Gasteiger partial charge in [-0.3, -0.25) is 5.10 Å². The minimum Gasteiger partial charge on any atom is -0.303 e. The van der Waals surface area contributed by atoms with E-state index in [0.29, 0.717) is 20.6 Å². The predicted octanol–water partition coefficient (Wildman–Crippen LogP) is 3.05. The lowest BCUT2D eigenvalue weighted by atomic mass is 10.2. The van der Waals surface area contributed by atoms with Gasteiger partial charge in [-0.15, -0.1) is 0 Å². The van der Waals surface area contributed by atoms with Gasteiger partial charge < -0.3 is 4.57 Å². The van der Waals surface area contributed by atoms with E-state index in [2.05, 4.69) is 26.1 Å². The van der Waals surface area contributed by atoms with E-state index in [-0.39, 0.29) is 5.82 Å². The second kappa shape index (κ2) is 3.86. The lowest BCUT2D eigenvalue weighted by molar-refractivity contribution is 0.621. The number of H-pyrrole nitrogens is 1. The number of hydrogen-bond donors (Lipinski definition) is 1. The fraction of sp³-hybridized carbons (Fsp3) is 0.111. The molecule has 1 aromatic carbocycles. The van der Waals surface area contributed by atoms with E-state index in [1.54, 1.807) is 23.7 Å². The van der Waals surface area contributed by atoms with Gasteiger partial charge in [0.15, 0.2) is 10.6 Å². The second-order valence-corrected chi connectivity index (χ2v) is 4.19. The van der Waals surface area contributed by atoms with Crippen LogP contribution in [0.1, 0.15) is 0 Å². The molecule has 0 amide bonds. The van der Waals surface area contributed by atoms with Crippen LogP contribution >= 0.6 is 28.1 Å². The molecule has 1 N–H and O–H groups in total. The SMILES string of the molecule is Cn1c(-c2cccc(F)c2Br)n[nH]c1=S. The van der Waals surface area contributed by atoms with Crippen LogP contribution in [-0.2, 0) is 7.05 Å². The van der Waals surface area contributed by atoms with Gasteiger partial charge in [0.25, 0.3) is 0 Å². The highest BCUT2D eigenvalue weighted by Gasteiger charge is 2.11. The summed E-state index contributed by atoms with van der Waals surface area (Å²) in [6, 6.07) is 4.79. The average molecular weight is 288 g/mol. The third-order valence-electron chi connectivity index (χ3n) is 2.07. The fourth-order valence-corrected chi connectivity index (χ4v) is 1.84. The Morgan fingerprint density at radius 3 is 2.87 bits per heavy atom. The van der Waals surface area contributed by atoms with E-state index in [1.807, 2.05) is 0 Å². The Balaban J connectivity index is 2.69. The van der Waals surface area contributed by atoms with Crippen LogP contribution < -0.4 is 0 Å². The maximum absolute atomic E-state index is 13.3. The highest BCUT2D eigenvalue weighted by molar-refractivity contribution is 9.10. The van der Waals surface area contributed by atoms with Gasteiger partial charge in [-0.25, -0.2) is 4.39 Å². The highest BCUT2D eigenvalue weighted by Crippen LogP contribution is 2.28. The number of benzene rings is 1. The summed E-state index contributed by atoms with van der Waals surface area (Å²) in [5, 5.41) is 6.69. The third-order valence-corrected chi connectivity index (χ3v) is 3.24. The molecule has 0 saturated heterocycles. The van der Waals surface area contributed by atoms with Crippen molar-refractivity contribution >= 4 is 28.1 Å². The Labute approximate surface area is 99.1 Å². The molecule has 0 spiro atoms. The minimum atomic E-state index is -0.318. The first-order valence-corrected chi connectivity index (χ1v) is 5.37. The van der Waals surface area contributed by atoms with E-state index < -0.39 is 0 Å². The van der Waals surface area contributed by atoms with E-state index in [9.17, 15) is 4.39 Å². The monoisotopic (exact) mass is 287 g/mol. The largest absolute Gasteiger partial charge is 0.303 e. The Morgan fingerprint density at radius 2 is 2.27 bits per heavy atom. The molecule has 0 aliphatic rings. The maximum Gasteiger partial charge on any atom is 0.195 e. The molecule has 0 aliphatic carbocycles. The number of aromatic nitrogens is 3. The van der Waals surface area contributed by atoms with E-state index in [4.69, 9.17) is 12.2 Å². The zero-order valence-corrected chi connectivity index (χ0v) is 10.2. The molecular formula is C9H7BrFN3S. The number of rotatable bonds is 1. The van der Waals surface area contributed by atoms with E-state index in [1.165, 1.54) is 6.07 Å². The smallest absolute Gasteiger partial charge is 0.195 e. The lowest BCUT2D eigenvalue weighted by Crippen LogP contribution is -1.94. The molecule has 2 rings (SSSR count). The van der Waals surface area contributed by atoms with Crippen LogP contribution in [-0.4, -0.2) is 14.8 Å². The molecule has 6 heteroatoms. The first-order valence-electron chi connectivity index (χ1n) is 4.17. The van der Waals surface area contributed by atoms with Crippen LogP contribution in [0.2, 0.25) is 0 Å². The standard InChI is InChI=1S/C9H7BrFN3S/c1-14-8(12-13-9(14)15)5-3-2-4-6(11)7(5)10/h2-4H,1H3,(H,13,15). The van der Waals surface area contributed by atoms with Gasteiger partial charge in [0.2, 0.25) is 0 Å². The third kappa shape index (κ3) is 1.74. The Bertz CT molecular complexity index is 561. The molecule has 0 radical (unpaired) electrons. The van der Waals surface area contributed by atoms with Crippen molar-refractivity contribution in [1.82, 2.24) is 14.8 Å². The van der Waals surface area contributed by atoms with Crippen LogP contribution in [0.4, 0.5) is 4.39 Å². The lowest BCUT2D eigenvalue weighted by Gasteiger charge is -2.03. The maximum atomic E-state index is 13.3. The molecular weight excluding hydrogens is 281 g/mol. The summed E-state index contributed by atoms with van der Waals surface area (Å²) >= 11 is 8.17. The van der Waals surface area contributed by atoms with Gasteiger partial charge in [-0.05, 0) is 40.3 Å². The van der Waals surface area contributed by atoms with Gasteiger partial charge in [0, 0.05) is 12.6 Å². The molecule has 0 aliphatic heterocycles. The van der Waals surface area contributed by atoms with Gasteiger partial charge in [-0.1, -0.05) is 6.07 Å². The highest BCUT2D eigenvalue weighted by atomic mass is 79.9. The average Bonchev–Trinajstić information content (AvgIpc) is 2.53. The van der Waals surface area contributed by atoms with E-state index >= 15 is 0 Å². The van der Waals surface area contributed by atoms with Crippen molar-refractivity contribution in [3.05, 3.63) is 33.3 Å². The van der Waals surface area contributed by atoms with Crippen molar-refractivity contribution < 1.29 is 4.39 Å². The molecule has 2 aromatic rings. The van der Waals surface area contributed by atoms with Crippen molar-refractivity contribution in [3.63, 3.8) is 0 Å². The molecule has 0 saturated carbocycles. The quantitative estimate of drug-likeness (QED) is 0.818. The van der Waals surface area contributed by atoms with Crippen LogP contribution in [0, 0.1) is 10.6 Å². The van der Waals surface area contributed by atoms with Crippen LogP contribution in [0.25, 0.3) is 11.4 Å². The molecule has 15 heavy (non-hydrogen) atoms. The van der Waals surface area contributed by atoms with Crippen molar-refractivity contribution in [1.29, 1.82) is 0 Å². The first-order chi connectivity index (χ1) is 7.11. The van der Waals surface area contributed by atoms with Crippen LogP contribution in [0.15, 0.2) is 22.7 Å². The molecule has 3 nitrogen and oxygen atoms in total. The van der Waals surface area contributed by atoms with Gasteiger partial charge in [-0.2, -0.15) is 5.10 Å². The van der Waals surface area contributed by atoms with Gasteiger partial charge >= 0.3 is 0 Å². The Morgan fingerprint density at radius 1 is 1.53 bits per heavy atom. The van der Waals surface area contributed by atoms with E-state index in [0.717, 1.165) is 0 Å². The summed E-state index contributed by atoms with van der Waals surface area (Å²) in [4.78, 5) is 0. The first kappa shape index (κ1) is 10.5. The zero-order chi connectivity index (χ0) is 11.0.